The van der Waals surface area contributed by atoms with E-state index in [1.54, 1.807) is 6.92 Å². The molecule has 0 saturated heterocycles. The van der Waals surface area contributed by atoms with Gasteiger partial charge in [-0.15, -0.1) is 0 Å². The molecule has 184 valence electrons. The highest BCUT2D eigenvalue weighted by molar-refractivity contribution is 5.85. The van der Waals surface area contributed by atoms with Gasteiger partial charge in [-0.05, 0) is 93.9 Å². The lowest BCUT2D eigenvalue weighted by Crippen LogP contribution is -2.57. The normalized spacial score (nSPS) is 31.3. The van der Waals surface area contributed by atoms with E-state index in [2.05, 4.69) is 22.3 Å². The van der Waals surface area contributed by atoms with Crippen LogP contribution in [0.15, 0.2) is 6.07 Å². The molecule has 1 unspecified atom stereocenters. The summed E-state index contributed by atoms with van der Waals surface area (Å²) in [5.41, 5.74) is 0.387. The summed E-state index contributed by atoms with van der Waals surface area (Å²) in [7, 11) is 0. The standard InChI is InChI=1S/C26H33F3N4O/c1-3-21(25-10-15-6-16(11-25)8-17(7-15)12-25)31-22(34)13-33-24-23(14(2)32-33)19(26(27,28)29)9-20(30-24)18-4-5-18/h9,15-18,21H,3-8,10-13H2,1-2H3,(H,31,34). The molecule has 4 bridgehead atoms. The van der Waals surface area contributed by atoms with Crippen LogP contribution >= 0.6 is 0 Å². The third kappa shape index (κ3) is 3.72. The lowest BCUT2D eigenvalue weighted by atomic mass is 9.47. The molecule has 8 heteroatoms. The van der Waals surface area contributed by atoms with Crippen molar-refractivity contribution in [3.8, 4) is 0 Å². The lowest BCUT2D eigenvalue weighted by molar-refractivity contribution is -0.136. The fourth-order valence-electron chi connectivity index (χ4n) is 7.96. The minimum Gasteiger partial charge on any atom is -0.351 e. The molecular weight excluding hydrogens is 441 g/mol. The first-order chi connectivity index (χ1) is 16.1. The second-order valence-electron chi connectivity index (χ2n) is 11.6. The second kappa shape index (κ2) is 7.69. The molecule has 0 aliphatic heterocycles. The van der Waals surface area contributed by atoms with Crippen molar-refractivity contribution in [3.63, 3.8) is 0 Å². The number of nitrogens with one attached hydrogen (secondary N) is 1. The molecule has 0 radical (unpaired) electrons. The fourth-order valence-corrected chi connectivity index (χ4v) is 7.96. The molecule has 1 atom stereocenters. The van der Waals surface area contributed by atoms with E-state index in [1.807, 2.05) is 0 Å². The SMILES string of the molecule is CCC(NC(=O)Cn1nc(C)c2c(C(F)(F)F)cc(C3CC3)nc21)C12CC3CC(CC(C3)C1)C2. The highest BCUT2D eigenvalue weighted by atomic mass is 19.4. The van der Waals surface area contributed by atoms with E-state index >= 15 is 0 Å². The molecule has 5 aliphatic carbocycles. The van der Waals surface area contributed by atoms with Crippen molar-refractivity contribution in [2.45, 2.75) is 96.3 Å². The fraction of sp³-hybridized carbons (Fsp3) is 0.731. The summed E-state index contributed by atoms with van der Waals surface area (Å²) >= 11 is 0. The summed E-state index contributed by atoms with van der Waals surface area (Å²) in [5, 5.41) is 7.65. The summed E-state index contributed by atoms with van der Waals surface area (Å²) in [6.45, 7) is 3.59. The number of carbonyl (C=O) groups is 1. The van der Waals surface area contributed by atoms with Gasteiger partial charge in [0, 0.05) is 17.7 Å². The first-order valence-electron chi connectivity index (χ1n) is 12.9. The van der Waals surface area contributed by atoms with Crippen molar-refractivity contribution in [1.82, 2.24) is 20.1 Å². The summed E-state index contributed by atoms with van der Waals surface area (Å²) in [6, 6.07) is 1.29. The van der Waals surface area contributed by atoms with Crippen molar-refractivity contribution in [2.75, 3.05) is 0 Å². The Kier molecular flexibility index (Phi) is 5.05. The summed E-state index contributed by atoms with van der Waals surface area (Å²) in [4.78, 5) is 17.8. The maximum Gasteiger partial charge on any atom is 0.417 e. The van der Waals surface area contributed by atoms with Gasteiger partial charge in [-0.1, -0.05) is 6.92 Å². The Balaban J connectivity index is 1.27. The molecule has 34 heavy (non-hydrogen) atoms. The lowest BCUT2D eigenvalue weighted by Gasteiger charge is -2.59. The van der Waals surface area contributed by atoms with Crippen LogP contribution in [0.2, 0.25) is 0 Å². The Morgan fingerprint density at radius 1 is 1.18 bits per heavy atom. The van der Waals surface area contributed by atoms with Crippen LogP contribution in [0.5, 0.6) is 0 Å². The van der Waals surface area contributed by atoms with Crippen LogP contribution < -0.4 is 5.32 Å². The zero-order valence-electron chi connectivity index (χ0n) is 19.9. The van der Waals surface area contributed by atoms with Gasteiger partial charge >= 0.3 is 6.18 Å². The number of aromatic nitrogens is 3. The largest absolute Gasteiger partial charge is 0.417 e. The predicted octanol–water partition coefficient (Wildman–Crippen LogP) is 5.75. The maximum absolute atomic E-state index is 13.9. The van der Waals surface area contributed by atoms with E-state index in [9.17, 15) is 18.0 Å². The van der Waals surface area contributed by atoms with E-state index in [0.29, 0.717) is 5.69 Å². The smallest absolute Gasteiger partial charge is 0.351 e. The van der Waals surface area contributed by atoms with Crippen LogP contribution in [-0.4, -0.2) is 26.7 Å². The van der Waals surface area contributed by atoms with Gasteiger partial charge in [0.15, 0.2) is 5.65 Å². The molecule has 1 amide bonds. The van der Waals surface area contributed by atoms with Crippen LogP contribution in [0.3, 0.4) is 0 Å². The van der Waals surface area contributed by atoms with Gasteiger partial charge in [0.05, 0.1) is 16.6 Å². The summed E-state index contributed by atoms with van der Waals surface area (Å²) < 4.78 is 43.0. The Bertz CT molecular complexity index is 1100. The quantitative estimate of drug-likeness (QED) is 0.580. The van der Waals surface area contributed by atoms with Crippen LogP contribution in [-0.2, 0) is 17.5 Å². The van der Waals surface area contributed by atoms with Gasteiger partial charge in [-0.3, -0.25) is 4.79 Å². The molecular formula is C26H33F3N4O. The van der Waals surface area contributed by atoms with Crippen LogP contribution in [0.4, 0.5) is 13.2 Å². The average molecular weight is 475 g/mol. The van der Waals surface area contributed by atoms with E-state index in [4.69, 9.17) is 0 Å². The monoisotopic (exact) mass is 474 g/mol. The molecule has 5 saturated carbocycles. The predicted molar refractivity (Wildman–Crippen MR) is 122 cm³/mol. The van der Waals surface area contributed by atoms with Gasteiger partial charge in [-0.25, -0.2) is 9.67 Å². The number of hydrogen-bond donors (Lipinski definition) is 1. The van der Waals surface area contributed by atoms with Crippen molar-refractivity contribution < 1.29 is 18.0 Å². The van der Waals surface area contributed by atoms with Crippen molar-refractivity contribution in [3.05, 3.63) is 23.0 Å². The third-order valence-corrected chi connectivity index (χ3v) is 9.06. The first-order valence-corrected chi connectivity index (χ1v) is 12.9. The Morgan fingerprint density at radius 2 is 1.79 bits per heavy atom. The molecule has 7 rings (SSSR count). The first kappa shape index (κ1) is 22.4. The molecule has 2 heterocycles. The molecule has 0 aromatic carbocycles. The highest BCUT2D eigenvalue weighted by Crippen LogP contribution is 2.61. The third-order valence-electron chi connectivity index (χ3n) is 9.06. The van der Waals surface area contributed by atoms with Crippen molar-refractivity contribution in [1.29, 1.82) is 0 Å². The zero-order chi connectivity index (χ0) is 23.8. The second-order valence-corrected chi connectivity index (χ2v) is 11.6. The maximum atomic E-state index is 13.9. The minimum atomic E-state index is -4.49. The van der Waals surface area contributed by atoms with Gasteiger partial charge in [0.25, 0.3) is 0 Å². The Morgan fingerprint density at radius 3 is 2.32 bits per heavy atom. The number of fused-ring (bicyclic) bond motifs is 1. The number of alkyl halides is 3. The minimum absolute atomic E-state index is 0.0119. The van der Waals surface area contributed by atoms with Crippen LogP contribution in [0.25, 0.3) is 11.0 Å². The number of hydrogen-bond acceptors (Lipinski definition) is 3. The number of aryl methyl sites for hydroxylation is 1. The molecule has 2 aromatic heterocycles. The highest BCUT2D eigenvalue weighted by Gasteiger charge is 2.54. The number of nitrogens with zero attached hydrogens (tertiary/aromatic N) is 3. The number of pyridine rings is 1. The Hall–Kier alpha value is -2.12. The molecule has 5 nitrogen and oxygen atoms in total. The van der Waals surface area contributed by atoms with E-state index in [0.717, 1.165) is 37.0 Å². The van der Waals surface area contributed by atoms with Gasteiger partial charge in [0.2, 0.25) is 5.91 Å². The molecule has 5 fully saturated rings. The van der Waals surface area contributed by atoms with E-state index < -0.39 is 11.7 Å². The van der Waals surface area contributed by atoms with Gasteiger partial charge < -0.3 is 5.32 Å². The number of amides is 1. The topological polar surface area (TPSA) is 59.8 Å². The zero-order valence-corrected chi connectivity index (χ0v) is 19.9. The number of carbonyl (C=O) groups excluding carboxylic acids is 1. The summed E-state index contributed by atoms with van der Waals surface area (Å²) in [6.07, 6.45) is 5.72. The summed E-state index contributed by atoms with van der Waals surface area (Å²) in [5.74, 6) is 2.27. The molecule has 5 aliphatic rings. The Labute approximate surface area is 197 Å². The van der Waals surface area contributed by atoms with Crippen molar-refractivity contribution >= 4 is 16.9 Å². The van der Waals surface area contributed by atoms with Gasteiger partial charge in [0.1, 0.15) is 6.54 Å². The van der Waals surface area contributed by atoms with Gasteiger partial charge in [-0.2, -0.15) is 18.3 Å². The van der Waals surface area contributed by atoms with E-state index in [1.165, 1.54) is 49.3 Å². The molecule has 0 spiro atoms. The molecule has 2 aromatic rings. The molecule has 1 N–H and O–H groups in total. The number of halogens is 3. The average Bonchev–Trinajstić information content (AvgIpc) is 3.55. The van der Waals surface area contributed by atoms with Crippen LogP contribution in [0, 0.1) is 30.1 Å². The van der Waals surface area contributed by atoms with Crippen molar-refractivity contribution in [2.24, 2.45) is 23.2 Å². The van der Waals surface area contributed by atoms with Crippen LogP contribution in [0.1, 0.15) is 87.6 Å². The number of rotatable bonds is 6. The van der Waals surface area contributed by atoms with E-state index in [-0.39, 0.29) is 46.6 Å².